The van der Waals surface area contributed by atoms with Gasteiger partial charge in [-0.2, -0.15) is 0 Å². The number of nitrogens with zero attached hydrogens (tertiary/aromatic N) is 2. The van der Waals surface area contributed by atoms with Gasteiger partial charge in [0.1, 0.15) is 11.6 Å². The molecular formula is C24H29N3O2. The summed E-state index contributed by atoms with van der Waals surface area (Å²) in [5.74, 6) is 2.67. The molecule has 1 amide bonds. The van der Waals surface area contributed by atoms with Gasteiger partial charge >= 0.3 is 0 Å². The fourth-order valence-electron chi connectivity index (χ4n) is 3.66. The lowest BCUT2D eigenvalue weighted by molar-refractivity contribution is -0.122. The summed E-state index contributed by atoms with van der Waals surface area (Å²) in [6.07, 6.45) is 2.89. The highest BCUT2D eigenvalue weighted by molar-refractivity contribution is 5.81. The van der Waals surface area contributed by atoms with Gasteiger partial charge < -0.3 is 14.6 Å². The third-order valence-electron chi connectivity index (χ3n) is 5.43. The molecular weight excluding hydrogens is 362 g/mol. The number of hydrogen-bond acceptors (Lipinski definition) is 3. The van der Waals surface area contributed by atoms with E-state index >= 15 is 0 Å². The lowest BCUT2D eigenvalue weighted by Gasteiger charge is -2.14. The molecule has 1 fully saturated rings. The van der Waals surface area contributed by atoms with E-state index in [1.807, 2.05) is 30.3 Å². The first-order chi connectivity index (χ1) is 14.1. The minimum atomic E-state index is 0.150. The largest absolute Gasteiger partial charge is 0.493 e. The third-order valence-corrected chi connectivity index (χ3v) is 5.43. The van der Waals surface area contributed by atoms with Gasteiger partial charge in [0, 0.05) is 12.5 Å². The van der Waals surface area contributed by atoms with Crippen molar-refractivity contribution in [3.8, 4) is 5.75 Å². The molecule has 0 atom stereocenters. The molecule has 1 heterocycles. The Kier molecular flexibility index (Phi) is 5.84. The van der Waals surface area contributed by atoms with Gasteiger partial charge in [-0.25, -0.2) is 4.98 Å². The van der Waals surface area contributed by atoms with E-state index in [9.17, 15) is 4.79 Å². The molecule has 1 aliphatic rings. The van der Waals surface area contributed by atoms with Crippen LogP contribution >= 0.6 is 0 Å². The molecule has 1 saturated carbocycles. The maximum Gasteiger partial charge on any atom is 0.223 e. The summed E-state index contributed by atoms with van der Waals surface area (Å²) in [6, 6.07) is 16.4. The van der Waals surface area contributed by atoms with E-state index in [4.69, 9.17) is 9.72 Å². The van der Waals surface area contributed by atoms with E-state index < -0.39 is 0 Å². The molecule has 1 aromatic heterocycles. The highest BCUT2D eigenvalue weighted by Crippen LogP contribution is 2.29. The molecule has 0 unspecified atom stereocenters. The van der Waals surface area contributed by atoms with Crippen LogP contribution in [0.3, 0.4) is 0 Å². The van der Waals surface area contributed by atoms with Gasteiger partial charge in [0.15, 0.2) is 0 Å². The van der Waals surface area contributed by atoms with Gasteiger partial charge in [-0.15, -0.1) is 0 Å². The van der Waals surface area contributed by atoms with E-state index in [2.05, 4.69) is 41.9 Å². The Morgan fingerprint density at radius 3 is 2.72 bits per heavy atom. The Hall–Kier alpha value is -2.82. The summed E-state index contributed by atoms with van der Waals surface area (Å²) in [4.78, 5) is 16.8. The Morgan fingerprint density at radius 2 is 1.93 bits per heavy atom. The average Bonchev–Trinajstić information content (AvgIpc) is 3.52. The van der Waals surface area contributed by atoms with E-state index in [0.717, 1.165) is 48.4 Å². The van der Waals surface area contributed by atoms with Gasteiger partial charge in [0.25, 0.3) is 0 Å². The second kappa shape index (κ2) is 8.68. The number of carbonyl (C=O) groups is 1. The van der Waals surface area contributed by atoms with E-state index in [-0.39, 0.29) is 11.8 Å². The highest BCUT2D eigenvalue weighted by atomic mass is 16.5. The van der Waals surface area contributed by atoms with E-state index in [1.54, 1.807) is 0 Å². The van der Waals surface area contributed by atoms with Crippen LogP contribution in [-0.2, 0) is 17.9 Å². The topological polar surface area (TPSA) is 56.1 Å². The fourth-order valence-corrected chi connectivity index (χ4v) is 3.66. The minimum absolute atomic E-state index is 0.150. The maximum absolute atomic E-state index is 12.0. The summed E-state index contributed by atoms with van der Waals surface area (Å²) in [5.41, 5.74) is 3.31. The molecule has 29 heavy (non-hydrogen) atoms. The number of para-hydroxylation sites is 3. The number of ether oxygens (including phenoxy) is 1. The molecule has 1 N–H and O–H groups in total. The first-order valence-corrected chi connectivity index (χ1v) is 10.6. The molecule has 0 bridgehead atoms. The Morgan fingerprint density at radius 1 is 1.17 bits per heavy atom. The van der Waals surface area contributed by atoms with Gasteiger partial charge in [-0.05, 0) is 48.9 Å². The number of aryl methyl sites for hydroxylation is 1. The summed E-state index contributed by atoms with van der Waals surface area (Å²) in [6.45, 7) is 6.29. The predicted octanol–water partition coefficient (Wildman–Crippen LogP) is 4.66. The van der Waals surface area contributed by atoms with Crippen LogP contribution in [0.25, 0.3) is 11.0 Å². The van der Waals surface area contributed by atoms with Crippen molar-refractivity contribution in [1.82, 2.24) is 14.9 Å². The number of fused-ring (bicyclic) bond motifs is 1. The van der Waals surface area contributed by atoms with Gasteiger partial charge in [-0.1, -0.05) is 44.2 Å². The van der Waals surface area contributed by atoms with Crippen LogP contribution in [-0.4, -0.2) is 22.1 Å². The second-order valence-electron chi connectivity index (χ2n) is 8.06. The summed E-state index contributed by atoms with van der Waals surface area (Å²) in [7, 11) is 0. The van der Waals surface area contributed by atoms with Crippen molar-refractivity contribution in [3.05, 3.63) is 59.9 Å². The van der Waals surface area contributed by atoms with Crippen molar-refractivity contribution in [3.63, 3.8) is 0 Å². The summed E-state index contributed by atoms with van der Waals surface area (Å²) >= 11 is 0. The van der Waals surface area contributed by atoms with Crippen LogP contribution in [0.5, 0.6) is 5.75 Å². The molecule has 1 aliphatic carbocycles. The Bertz CT molecular complexity index is 989. The quantitative estimate of drug-likeness (QED) is 0.540. The van der Waals surface area contributed by atoms with Crippen molar-refractivity contribution in [1.29, 1.82) is 0 Å². The number of nitrogens with one attached hydrogen (secondary N) is 1. The normalized spacial score (nSPS) is 13.8. The van der Waals surface area contributed by atoms with E-state index in [1.165, 1.54) is 5.56 Å². The molecule has 4 rings (SSSR count). The smallest absolute Gasteiger partial charge is 0.223 e. The highest BCUT2D eigenvalue weighted by Gasteiger charge is 2.29. The van der Waals surface area contributed by atoms with E-state index in [0.29, 0.717) is 19.1 Å². The van der Waals surface area contributed by atoms with Crippen LogP contribution in [0, 0.1) is 5.92 Å². The lowest BCUT2D eigenvalue weighted by atomic mass is 10.0. The fraction of sp³-hybridized carbons (Fsp3) is 0.417. The van der Waals surface area contributed by atoms with Gasteiger partial charge in [0.2, 0.25) is 5.91 Å². The molecule has 0 radical (unpaired) electrons. The zero-order valence-corrected chi connectivity index (χ0v) is 17.2. The minimum Gasteiger partial charge on any atom is -0.493 e. The van der Waals surface area contributed by atoms with Gasteiger partial charge in [-0.3, -0.25) is 4.79 Å². The third kappa shape index (κ3) is 4.61. The maximum atomic E-state index is 12.0. The molecule has 152 valence electrons. The molecule has 2 aromatic carbocycles. The van der Waals surface area contributed by atoms with Crippen molar-refractivity contribution in [2.45, 2.75) is 52.1 Å². The first kappa shape index (κ1) is 19.5. The Labute approximate surface area is 172 Å². The van der Waals surface area contributed by atoms with Crippen LogP contribution in [0.1, 0.15) is 50.4 Å². The number of rotatable bonds is 9. The SMILES string of the molecule is CC(C)c1ccccc1OCCCn1c(CNC(=O)C2CC2)nc2ccccc21. The lowest BCUT2D eigenvalue weighted by Crippen LogP contribution is -2.26. The van der Waals surface area contributed by atoms with Crippen molar-refractivity contribution >= 4 is 16.9 Å². The Balaban J connectivity index is 1.41. The number of imidazole rings is 1. The number of carbonyl (C=O) groups excluding carboxylic acids is 1. The number of amides is 1. The zero-order chi connectivity index (χ0) is 20.2. The summed E-state index contributed by atoms with van der Waals surface area (Å²) in [5, 5.41) is 3.04. The molecule has 3 aromatic rings. The van der Waals surface area contributed by atoms with Crippen LogP contribution in [0.2, 0.25) is 0 Å². The van der Waals surface area contributed by atoms with Crippen LogP contribution < -0.4 is 10.1 Å². The molecule has 0 saturated heterocycles. The average molecular weight is 392 g/mol. The molecule has 5 nitrogen and oxygen atoms in total. The monoisotopic (exact) mass is 391 g/mol. The predicted molar refractivity (Wildman–Crippen MR) is 115 cm³/mol. The molecule has 0 spiro atoms. The van der Waals surface area contributed by atoms with Crippen molar-refractivity contribution < 1.29 is 9.53 Å². The standard InChI is InChI=1S/C24H29N3O2/c1-17(2)19-8-3-6-11-22(19)29-15-7-14-27-21-10-5-4-9-20(21)26-23(27)16-25-24(28)18-12-13-18/h3-6,8-11,17-18H,7,12-16H2,1-2H3,(H,25,28). The molecule has 5 heteroatoms. The van der Waals surface area contributed by atoms with Crippen LogP contribution in [0.15, 0.2) is 48.5 Å². The van der Waals surface area contributed by atoms with Crippen molar-refractivity contribution in [2.24, 2.45) is 5.92 Å². The number of aromatic nitrogens is 2. The van der Waals surface area contributed by atoms with Gasteiger partial charge in [0.05, 0.1) is 24.2 Å². The zero-order valence-electron chi connectivity index (χ0n) is 17.2. The molecule has 0 aliphatic heterocycles. The second-order valence-corrected chi connectivity index (χ2v) is 8.06. The van der Waals surface area contributed by atoms with Crippen molar-refractivity contribution in [2.75, 3.05) is 6.61 Å². The first-order valence-electron chi connectivity index (χ1n) is 10.6. The van der Waals surface area contributed by atoms with Crippen LogP contribution in [0.4, 0.5) is 0 Å². The number of benzene rings is 2. The number of hydrogen-bond donors (Lipinski definition) is 1. The summed E-state index contributed by atoms with van der Waals surface area (Å²) < 4.78 is 8.29.